The summed E-state index contributed by atoms with van der Waals surface area (Å²) in [5.41, 5.74) is 2.07. The maximum atomic E-state index is 13.9. The summed E-state index contributed by atoms with van der Waals surface area (Å²) >= 11 is 0. The Morgan fingerprint density at radius 1 is 1.16 bits per heavy atom. The number of ether oxygens (including phenoxy) is 2. The SMILES string of the molecule is CC[NH+](CC)CCN1C(=O)C(=O)C(=C([O-])c2ccc3c(c2)CC(C)O3)C1c1cccc(OCCC(C)C)c1. The number of likely N-dealkylation sites (N-methyl/N-ethyl adjacent to an activating group) is 1. The van der Waals surface area contributed by atoms with Gasteiger partial charge in [-0.1, -0.05) is 37.8 Å². The van der Waals surface area contributed by atoms with Gasteiger partial charge in [-0.25, -0.2) is 0 Å². The molecule has 0 spiro atoms. The average molecular weight is 521 g/mol. The molecule has 0 bridgehead atoms. The molecule has 2 heterocycles. The predicted molar refractivity (Wildman–Crippen MR) is 145 cm³/mol. The Balaban J connectivity index is 1.74. The monoisotopic (exact) mass is 520 g/mol. The van der Waals surface area contributed by atoms with Crippen molar-refractivity contribution in [3.05, 3.63) is 64.7 Å². The van der Waals surface area contributed by atoms with E-state index >= 15 is 0 Å². The first-order valence-corrected chi connectivity index (χ1v) is 13.9. The van der Waals surface area contributed by atoms with Crippen molar-refractivity contribution >= 4 is 17.4 Å². The lowest BCUT2D eigenvalue weighted by Gasteiger charge is -2.29. The summed E-state index contributed by atoms with van der Waals surface area (Å²) < 4.78 is 11.8. The van der Waals surface area contributed by atoms with Gasteiger partial charge in [-0.2, -0.15) is 0 Å². The molecular formula is C31H40N2O5. The van der Waals surface area contributed by atoms with Crippen LogP contribution < -0.4 is 19.5 Å². The van der Waals surface area contributed by atoms with Gasteiger partial charge < -0.3 is 24.4 Å². The molecule has 7 heteroatoms. The number of Topliss-reactive ketones (excluding diaryl/α,β-unsaturated/α-hetero) is 1. The quantitative estimate of drug-likeness (QED) is 0.280. The lowest BCUT2D eigenvalue weighted by Crippen LogP contribution is -3.12. The number of hydrogen-bond acceptors (Lipinski definition) is 5. The fourth-order valence-electron chi connectivity index (χ4n) is 5.24. The van der Waals surface area contributed by atoms with Crippen LogP contribution in [-0.4, -0.2) is 55.5 Å². The average Bonchev–Trinajstić information content (AvgIpc) is 3.39. The van der Waals surface area contributed by atoms with Gasteiger partial charge >= 0.3 is 0 Å². The minimum absolute atomic E-state index is 0.00999. The number of rotatable bonds is 11. The number of fused-ring (bicyclic) bond motifs is 1. The van der Waals surface area contributed by atoms with Gasteiger partial charge in [0.2, 0.25) is 5.78 Å². The molecule has 4 rings (SSSR count). The molecule has 2 aliphatic rings. The van der Waals surface area contributed by atoms with E-state index in [1.807, 2.05) is 31.2 Å². The Hall–Kier alpha value is -3.32. The van der Waals surface area contributed by atoms with Crippen molar-refractivity contribution in [2.24, 2.45) is 5.92 Å². The Kier molecular flexibility index (Phi) is 8.77. The second-order valence-electron chi connectivity index (χ2n) is 10.7. The molecule has 0 aliphatic carbocycles. The minimum atomic E-state index is -0.755. The highest BCUT2D eigenvalue weighted by Crippen LogP contribution is 2.40. The molecular weight excluding hydrogens is 480 g/mol. The molecule has 1 amide bonds. The highest BCUT2D eigenvalue weighted by molar-refractivity contribution is 6.46. The Morgan fingerprint density at radius 3 is 2.63 bits per heavy atom. The van der Waals surface area contributed by atoms with Crippen molar-refractivity contribution in [1.29, 1.82) is 0 Å². The molecule has 2 unspecified atom stereocenters. The molecule has 1 fully saturated rings. The van der Waals surface area contributed by atoms with E-state index in [0.29, 0.717) is 48.9 Å². The zero-order chi connectivity index (χ0) is 27.4. The summed E-state index contributed by atoms with van der Waals surface area (Å²) in [7, 11) is 0. The van der Waals surface area contributed by atoms with Crippen LogP contribution in [0.1, 0.15) is 63.8 Å². The predicted octanol–water partition coefficient (Wildman–Crippen LogP) is 2.58. The molecule has 1 N–H and O–H groups in total. The van der Waals surface area contributed by atoms with Gasteiger partial charge in [0.25, 0.3) is 5.91 Å². The molecule has 0 aromatic heterocycles. The van der Waals surface area contributed by atoms with E-state index in [2.05, 4.69) is 27.7 Å². The smallest absolute Gasteiger partial charge is 0.295 e. The van der Waals surface area contributed by atoms with Gasteiger partial charge in [-0.15, -0.1) is 0 Å². The van der Waals surface area contributed by atoms with Gasteiger partial charge in [-0.05, 0) is 74.1 Å². The molecule has 2 aromatic carbocycles. The Morgan fingerprint density at radius 2 is 1.92 bits per heavy atom. The van der Waals surface area contributed by atoms with Crippen LogP contribution in [0.15, 0.2) is 48.0 Å². The number of ketones is 1. The third-order valence-electron chi connectivity index (χ3n) is 7.53. The standard InChI is InChI=1S/C31H40N2O5/c1-6-32(7-2)14-15-33-28(22-9-8-10-25(19-22)37-16-13-20(3)4)27(30(35)31(33)36)29(34)23-11-12-26-24(18-23)17-21(5)38-26/h8-12,18-21,28,34H,6-7,13-17H2,1-5H3. The fourth-order valence-corrected chi connectivity index (χ4v) is 5.24. The molecule has 2 atom stereocenters. The molecule has 2 aromatic rings. The first-order chi connectivity index (χ1) is 18.2. The number of nitrogens with zero attached hydrogens (tertiary/aromatic N) is 1. The maximum Gasteiger partial charge on any atom is 0.295 e. The highest BCUT2D eigenvalue weighted by atomic mass is 16.5. The van der Waals surface area contributed by atoms with Crippen LogP contribution >= 0.6 is 0 Å². The molecule has 0 saturated carbocycles. The second-order valence-corrected chi connectivity index (χ2v) is 10.7. The van der Waals surface area contributed by atoms with Crippen molar-refractivity contribution in [2.75, 3.05) is 32.8 Å². The summed E-state index contributed by atoms with van der Waals surface area (Å²) in [6.45, 7) is 14.0. The first-order valence-electron chi connectivity index (χ1n) is 13.9. The van der Waals surface area contributed by atoms with Gasteiger partial charge in [0.15, 0.2) is 0 Å². The van der Waals surface area contributed by atoms with Crippen LogP contribution in [0.4, 0.5) is 0 Å². The van der Waals surface area contributed by atoms with E-state index in [4.69, 9.17) is 9.47 Å². The maximum absolute atomic E-state index is 13.9. The van der Waals surface area contributed by atoms with Crippen molar-refractivity contribution in [1.82, 2.24) is 4.90 Å². The molecule has 2 aliphatic heterocycles. The summed E-state index contributed by atoms with van der Waals surface area (Å²) in [6.07, 6.45) is 1.67. The number of quaternary nitrogens is 1. The van der Waals surface area contributed by atoms with Crippen LogP contribution in [0, 0.1) is 5.92 Å². The molecule has 204 valence electrons. The molecule has 38 heavy (non-hydrogen) atoms. The summed E-state index contributed by atoms with van der Waals surface area (Å²) in [4.78, 5) is 29.6. The van der Waals surface area contributed by atoms with E-state index in [1.165, 1.54) is 4.90 Å². The van der Waals surface area contributed by atoms with E-state index < -0.39 is 23.5 Å². The topological polar surface area (TPSA) is 83.3 Å². The van der Waals surface area contributed by atoms with Crippen molar-refractivity contribution in [3.63, 3.8) is 0 Å². The zero-order valence-corrected chi connectivity index (χ0v) is 23.2. The lowest BCUT2D eigenvalue weighted by molar-refractivity contribution is -0.895. The molecule has 7 nitrogen and oxygen atoms in total. The number of nitrogens with one attached hydrogen (secondary N) is 1. The van der Waals surface area contributed by atoms with Gasteiger partial charge in [-0.3, -0.25) is 9.59 Å². The number of amides is 1. The zero-order valence-electron chi connectivity index (χ0n) is 23.2. The second kappa shape index (κ2) is 12.0. The first kappa shape index (κ1) is 27.7. The van der Waals surface area contributed by atoms with Crippen LogP contribution in [-0.2, 0) is 16.0 Å². The molecule has 1 saturated heterocycles. The van der Waals surface area contributed by atoms with Gasteiger partial charge in [0.05, 0.1) is 38.8 Å². The lowest BCUT2D eigenvalue weighted by atomic mass is 9.94. The third kappa shape index (κ3) is 5.88. The van der Waals surface area contributed by atoms with E-state index in [1.54, 1.807) is 23.1 Å². The number of carbonyl (C=O) groups is 2. The van der Waals surface area contributed by atoms with E-state index in [-0.39, 0.29) is 11.7 Å². The minimum Gasteiger partial charge on any atom is -0.872 e. The third-order valence-corrected chi connectivity index (χ3v) is 7.53. The number of benzene rings is 2. The van der Waals surface area contributed by atoms with Crippen LogP contribution in [0.25, 0.3) is 5.76 Å². The van der Waals surface area contributed by atoms with Gasteiger partial charge in [0.1, 0.15) is 17.6 Å². The summed E-state index contributed by atoms with van der Waals surface area (Å²) in [5, 5.41) is 13.9. The number of likely N-dealkylation sites (tertiary alicyclic amines) is 1. The largest absolute Gasteiger partial charge is 0.872 e. The van der Waals surface area contributed by atoms with Crippen molar-refractivity contribution < 1.29 is 29.1 Å². The van der Waals surface area contributed by atoms with Crippen LogP contribution in [0.3, 0.4) is 0 Å². The summed E-state index contributed by atoms with van der Waals surface area (Å²) in [6, 6.07) is 12.0. The van der Waals surface area contributed by atoms with E-state index in [0.717, 1.165) is 30.8 Å². The van der Waals surface area contributed by atoms with Crippen molar-refractivity contribution in [2.45, 2.75) is 59.6 Å². The highest BCUT2D eigenvalue weighted by Gasteiger charge is 2.44. The normalized spacial score (nSPS) is 20.3. The Labute approximate surface area is 226 Å². The van der Waals surface area contributed by atoms with Crippen LogP contribution in [0.5, 0.6) is 11.5 Å². The fraction of sp³-hybridized carbons (Fsp3) is 0.484. The van der Waals surface area contributed by atoms with Crippen LogP contribution in [0.2, 0.25) is 0 Å². The Bertz CT molecular complexity index is 1200. The number of carbonyl (C=O) groups excluding carboxylic acids is 2. The number of hydrogen-bond donors (Lipinski definition) is 1. The molecule has 0 radical (unpaired) electrons. The van der Waals surface area contributed by atoms with E-state index in [9.17, 15) is 14.7 Å². The summed E-state index contributed by atoms with van der Waals surface area (Å²) in [5.74, 6) is 0.207. The van der Waals surface area contributed by atoms with Crippen molar-refractivity contribution in [3.8, 4) is 11.5 Å². The van der Waals surface area contributed by atoms with Gasteiger partial charge in [0, 0.05) is 12.0 Å².